The molecule has 2 aromatic carbocycles. The van der Waals surface area contributed by atoms with Gasteiger partial charge in [-0.1, -0.05) is 29.8 Å². The number of nitrogens with one attached hydrogen (secondary N) is 2. The number of fused-ring (bicyclic) bond motifs is 1. The average molecular weight is 421 g/mol. The number of sulfonamides is 1. The highest BCUT2D eigenvalue weighted by Gasteiger charge is 2.21. The molecule has 8 heteroatoms. The van der Waals surface area contributed by atoms with Crippen LogP contribution in [0.5, 0.6) is 0 Å². The van der Waals surface area contributed by atoms with Gasteiger partial charge in [-0.2, -0.15) is 0 Å². The van der Waals surface area contributed by atoms with Crippen molar-refractivity contribution in [1.82, 2.24) is 10.0 Å². The van der Waals surface area contributed by atoms with Gasteiger partial charge >= 0.3 is 0 Å². The molecule has 0 fully saturated rings. The Kier molecular flexibility index (Phi) is 5.79. The molecule has 3 aromatic rings. The number of carbonyl (C=O) groups is 1. The maximum atomic E-state index is 12.7. The van der Waals surface area contributed by atoms with E-state index in [0.29, 0.717) is 5.76 Å². The number of carbonyl (C=O) groups excluding carboxylic acids is 1. The van der Waals surface area contributed by atoms with Crippen LogP contribution in [0, 0.1) is 0 Å². The number of hydrogen-bond donors (Lipinski definition) is 2. The summed E-state index contributed by atoms with van der Waals surface area (Å²) in [5.74, 6) is 0.107. The molecule has 0 spiro atoms. The molecule has 148 valence electrons. The van der Waals surface area contributed by atoms with E-state index < -0.39 is 22.0 Å². The summed E-state index contributed by atoms with van der Waals surface area (Å²) in [6.07, 6.45) is 0. The smallest absolute Gasteiger partial charge is 0.253 e. The first-order valence-electron chi connectivity index (χ1n) is 8.78. The predicted octanol–water partition coefficient (Wildman–Crippen LogP) is 4.26. The van der Waals surface area contributed by atoms with Crippen LogP contribution in [-0.4, -0.2) is 20.4 Å². The quantitative estimate of drug-likeness (QED) is 0.623. The Hall–Kier alpha value is -2.35. The lowest BCUT2D eigenvalue weighted by atomic mass is 10.1. The molecule has 2 N–H and O–H groups in total. The third kappa shape index (κ3) is 4.38. The van der Waals surface area contributed by atoms with Crippen molar-refractivity contribution in [3.8, 4) is 0 Å². The number of amides is 1. The molecule has 0 aliphatic heterocycles. The van der Waals surface area contributed by atoms with E-state index in [4.69, 9.17) is 16.0 Å². The number of halogens is 1. The van der Waals surface area contributed by atoms with Gasteiger partial charge in [0.1, 0.15) is 11.3 Å². The van der Waals surface area contributed by atoms with Gasteiger partial charge in [-0.05, 0) is 51.1 Å². The minimum absolute atomic E-state index is 0.0212. The molecule has 0 aliphatic carbocycles. The Morgan fingerprint density at radius 1 is 1.07 bits per heavy atom. The van der Waals surface area contributed by atoms with Crippen molar-refractivity contribution in [2.45, 2.75) is 37.8 Å². The van der Waals surface area contributed by atoms with Gasteiger partial charge in [-0.3, -0.25) is 4.79 Å². The number of hydrogen-bond acceptors (Lipinski definition) is 4. The average Bonchev–Trinajstić information content (AvgIpc) is 3.05. The number of rotatable bonds is 6. The van der Waals surface area contributed by atoms with Gasteiger partial charge in [-0.15, -0.1) is 0 Å². The fourth-order valence-corrected chi connectivity index (χ4v) is 4.27. The predicted molar refractivity (Wildman–Crippen MR) is 109 cm³/mol. The Bertz CT molecular complexity index is 1090. The molecule has 1 aromatic heterocycles. The normalized spacial score (nSPS) is 13.0. The Balaban J connectivity index is 1.84. The fourth-order valence-electron chi connectivity index (χ4n) is 2.79. The molecule has 0 bridgehead atoms. The van der Waals surface area contributed by atoms with Crippen LogP contribution in [0.25, 0.3) is 11.0 Å². The minimum Gasteiger partial charge on any atom is -0.459 e. The minimum atomic E-state index is -3.74. The first-order chi connectivity index (χ1) is 13.2. The fraction of sp³-hybridized carbons (Fsp3) is 0.250. The van der Waals surface area contributed by atoms with Crippen LogP contribution in [0.15, 0.2) is 57.8 Å². The molecule has 0 aliphatic rings. The lowest BCUT2D eigenvalue weighted by molar-refractivity contribution is 0.0935. The summed E-state index contributed by atoms with van der Waals surface area (Å²) in [6, 6.07) is 12.7. The van der Waals surface area contributed by atoms with E-state index >= 15 is 0 Å². The van der Waals surface area contributed by atoms with E-state index in [-0.39, 0.29) is 21.5 Å². The van der Waals surface area contributed by atoms with Crippen molar-refractivity contribution < 1.29 is 17.6 Å². The van der Waals surface area contributed by atoms with Crippen LogP contribution in [0.3, 0.4) is 0 Å². The zero-order valence-electron chi connectivity index (χ0n) is 15.7. The van der Waals surface area contributed by atoms with E-state index in [9.17, 15) is 13.2 Å². The van der Waals surface area contributed by atoms with Crippen molar-refractivity contribution in [2.75, 3.05) is 0 Å². The van der Waals surface area contributed by atoms with Crippen molar-refractivity contribution in [3.63, 3.8) is 0 Å². The second kappa shape index (κ2) is 7.95. The molecule has 0 radical (unpaired) electrons. The lowest BCUT2D eigenvalue weighted by Crippen LogP contribution is -2.31. The molecule has 0 saturated heterocycles. The zero-order chi connectivity index (χ0) is 20.5. The highest BCUT2D eigenvalue weighted by atomic mass is 35.5. The summed E-state index contributed by atoms with van der Waals surface area (Å²) >= 11 is 6.14. The third-order valence-electron chi connectivity index (χ3n) is 4.10. The third-order valence-corrected chi connectivity index (χ3v) is 6.09. The molecular formula is C20H21ClN2O4S. The topological polar surface area (TPSA) is 88.4 Å². The maximum Gasteiger partial charge on any atom is 0.253 e. The van der Waals surface area contributed by atoms with Crippen LogP contribution >= 0.6 is 11.6 Å². The van der Waals surface area contributed by atoms with Gasteiger partial charge < -0.3 is 9.73 Å². The summed E-state index contributed by atoms with van der Waals surface area (Å²) < 4.78 is 33.0. The van der Waals surface area contributed by atoms with Crippen molar-refractivity contribution in [1.29, 1.82) is 0 Å². The van der Waals surface area contributed by atoms with Crippen molar-refractivity contribution in [2.24, 2.45) is 0 Å². The molecule has 28 heavy (non-hydrogen) atoms. The molecule has 1 unspecified atom stereocenters. The summed E-state index contributed by atoms with van der Waals surface area (Å²) in [5, 5.41) is 3.90. The van der Waals surface area contributed by atoms with Gasteiger partial charge in [0.15, 0.2) is 0 Å². The summed E-state index contributed by atoms with van der Waals surface area (Å²) in [7, 11) is -3.74. The van der Waals surface area contributed by atoms with Crippen LogP contribution in [0.4, 0.5) is 0 Å². The first-order valence-corrected chi connectivity index (χ1v) is 10.6. The van der Waals surface area contributed by atoms with Gasteiger partial charge in [0, 0.05) is 11.4 Å². The van der Waals surface area contributed by atoms with Crippen LogP contribution in [0.2, 0.25) is 5.02 Å². The number of para-hydroxylation sites is 1. The van der Waals surface area contributed by atoms with Gasteiger partial charge in [0.05, 0.1) is 21.5 Å². The van der Waals surface area contributed by atoms with Gasteiger partial charge in [0.2, 0.25) is 10.0 Å². The van der Waals surface area contributed by atoms with Crippen LogP contribution < -0.4 is 10.0 Å². The second-order valence-corrected chi connectivity index (χ2v) is 8.92. The molecular weight excluding hydrogens is 400 g/mol. The molecule has 6 nitrogen and oxygen atoms in total. The summed E-state index contributed by atoms with van der Waals surface area (Å²) in [6.45, 7) is 5.22. The summed E-state index contributed by atoms with van der Waals surface area (Å²) in [5.41, 5.74) is 0.806. The Morgan fingerprint density at radius 2 is 1.79 bits per heavy atom. The highest BCUT2D eigenvalue weighted by Crippen LogP contribution is 2.25. The number of benzene rings is 2. The van der Waals surface area contributed by atoms with Crippen molar-refractivity contribution in [3.05, 3.63) is 64.9 Å². The highest BCUT2D eigenvalue weighted by molar-refractivity contribution is 7.89. The summed E-state index contributed by atoms with van der Waals surface area (Å²) in [4.78, 5) is 12.7. The first kappa shape index (κ1) is 20.4. The molecule has 3 rings (SSSR count). The Morgan fingerprint density at radius 3 is 2.46 bits per heavy atom. The Labute approximate surface area is 168 Å². The second-order valence-electron chi connectivity index (χ2n) is 6.80. The van der Waals surface area contributed by atoms with E-state index in [1.54, 1.807) is 20.8 Å². The van der Waals surface area contributed by atoms with Gasteiger partial charge in [-0.25, -0.2) is 13.1 Å². The monoisotopic (exact) mass is 420 g/mol. The number of furan rings is 1. The van der Waals surface area contributed by atoms with E-state index in [1.807, 2.05) is 30.3 Å². The van der Waals surface area contributed by atoms with Crippen LogP contribution in [0.1, 0.15) is 42.9 Å². The van der Waals surface area contributed by atoms with E-state index in [0.717, 1.165) is 11.0 Å². The maximum absolute atomic E-state index is 12.7. The molecule has 1 atom stereocenters. The zero-order valence-corrected chi connectivity index (χ0v) is 17.3. The SMILES string of the molecule is CC(C)NS(=O)(=O)c1ccc(Cl)c(C(=O)NC(C)c2cc3ccccc3o2)c1. The largest absolute Gasteiger partial charge is 0.459 e. The lowest BCUT2D eigenvalue weighted by Gasteiger charge is -2.14. The molecule has 0 saturated carbocycles. The standard InChI is InChI=1S/C20H21ClN2O4S/c1-12(2)23-28(25,26)15-8-9-17(21)16(11-15)20(24)22-13(3)19-10-14-6-4-5-7-18(14)27-19/h4-13,23H,1-3H3,(H,22,24). The molecule has 1 amide bonds. The van der Waals surface area contributed by atoms with Crippen molar-refractivity contribution >= 4 is 38.5 Å². The van der Waals surface area contributed by atoms with E-state index in [2.05, 4.69) is 10.0 Å². The molecule has 1 heterocycles. The van der Waals surface area contributed by atoms with E-state index in [1.165, 1.54) is 18.2 Å². The van der Waals surface area contributed by atoms with Crippen LogP contribution in [-0.2, 0) is 10.0 Å². The van der Waals surface area contributed by atoms with Gasteiger partial charge in [0.25, 0.3) is 5.91 Å².